The number of halogens is 1. The van der Waals surface area contributed by atoms with Crippen LogP contribution in [0.2, 0.25) is 0 Å². The molecule has 1 amide bonds. The van der Waals surface area contributed by atoms with Gasteiger partial charge in [-0.1, -0.05) is 6.07 Å². The highest BCUT2D eigenvalue weighted by molar-refractivity contribution is 9.10. The van der Waals surface area contributed by atoms with Gasteiger partial charge >= 0.3 is 0 Å². The lowest BCUT2D eigenvalue weighted by Crippen LogP contribution is -2.46. The molecular weight excluding hydrogens is 394 g/mol. The molecule has 1 aliphatic heterocycles. The number of anilines is 2. The summed E-state index contributed by atoms with van der Waals surface area (Å²) in [6.07, 6.45) is 0. The fourth-order valence-electron chi connectivity index (χ4n) is 3.24. The number of aromatic nitrogens is 1. The second kappa shape index (κ2) is 8.05. The largest absolute Gasteiger partial charge is 0.398 e. The number of aryl methyl sites for hydroxylation is 1. The van der Waals surface area contributed by atoms with E-state index in [1.807, 2.05) is 25.1 Å². The third kappa shape index (κ3) is 4.16. The van der Waals surface area contributed by atoms with Crippen LogP contribution in [-0.2, 0) is 6.54 Å². The number of nitrogens with one attached hydrogen (secondary N) is 1. The zero-order valence-electron chi connectivity index (χ0n) is 15.1. The molecule has 1 aromatic carbocycles. The Balaban J connectivity index is 1.61. The number of pyridine rings is 1. The Kier molecular flexibility index (Phi) is 5.78. The zero-order chi connectivity index (χ0) is 18.7. The first-order chi connectivity index (χ1) is 12.5. The Hall–Kier alpha value is -2.12. The maximum atomic E-state index is 11.7. The highest BCUT2D eigenvalue weighted by Gasteiger charge is 2.20. The number of hydrogen-bond donors (Lipinski definition) is 2. The van der Waals surface area contributed by atoms with E-state index in [0.717, 1.165) is 54.3 Å². The van der Waals surface area contributed by atoms with Crippen LogP contribution in [0.1, 0.15) is 21.7 Å². The smallest absolute Gasteiger partial charge is 0.269 e. The molecule has 0 spiro atoms. The SMILES string of the molecule is CNC(=O)c1ccc(N2CCN(Cc3ccc(Br)c(N)c3)CC2)c(C)n1. The average Bonchev–Trinajstić information content (AvgIpc) is 2.65. The highest BCUT2D eigenvalue weighted by atomic mass is 79.9. The first-order valence-corrected chi connectivity index (χ1v) is 9.48. The third-order valence-corrected chi connectivity index (χ3v) is 5.42. The monoisotopic (exact) mass is 417 g/mol. The quantitative estimate of drug-likeness (QED) is 0.747. The molecule has 2 heterocycles. The van der Waals surface area contributed by atoms with Crippen LogP contribution in [0.15, 0.2) is 34.8 Å². The predicted molar refractivity (Wildman–Crippen MR) is 108 cm³/mol. The fraction of sp³-hybridized carbons (Fsp3) is 0.368. The Morgan fingerprint density at radius 3 is 2.58 bits per heavy atom. The second-order valence-electron chi connectivity index (χ2n) is 6.50. The minimum atomic E-state index is -0.154. The molecule has 1 aliphatic rings. The van der Waals surface area contributed by atoms with Crippen molar-refractivity contribution in [3.05, 3.63) is 51.8 Å². The molecule has 138 valence electrons. The average molecular weight is 418 g/mol. The van der Waals surface area contributed by atoms with Gasteiger partial charge in [-0.3, -0.25) is 9.69 Å². The van der Waals surface area contributed by atoms with Crippen LogP contribution in [0.25, 0.3) is 0 Å². The number of nitrogens with zero attached hydrogens (tertiary/aromatic N) is 3. The third-order valence-electron chi connectivity index (χ3n) is 4.70. The van der Waals surface area contributed by atoms with E-state index in [1.54, 1.807) is 13.1 Å². The number of amides is 1. The Morgan fingerprint density at radius 1 is 1.23 bits per heavy atom. The van der Waals surface area contributed by atoms with Crippen LogP contribution in [0.4, 0.5) is 11.4 Å². The van der Waals surface area contributed by atoms with Crippen molar-refractivity contribution in [1.82, 2.24) is 15.2 Å². The Morgan fingerprint density at radius 2 is 1.96 bits per heavy atom. The topological polar surface area (TPSA) is 74.5 Å². The van der Waals surface area contributed by atoms with Crippen molar-refractivity contribution in [1.29, 1.82) is 0 Å². The molecule has 0 atom stereocenters. The van der Waals surface area contributed by atoms with Gasteiger partial charge in [0.1, 0.15) is 5.69 Å². The lowest BCUT2D eigenvalue weighted by Gasteiger charge is -2.36. The number of nitrogens with two attached hydrogens (primary N) is 1. The van der Waals surface area contributed by atoms with Crippen LogP contribution in [0.3, 0.4) is 0 Å². The first-order valence-electron chi connectivity index (χ1n) is 8.69. The van der Waals surface area contributed by atoms with Gasteiger partial charge in [-0.15, -0.1) is 0 Å². The van der Waals surface area contributed by atoms with E-state index in [2.05, 4.69) is 42.1 Å². The molecule has 1 fully saturated rings. The minimum absolute atomic E-state index is 0.154. The summed E-state index contributed by atoms with van der Waals surface area (Å²) in [6, 6.07) is 9.93. The minimum Gasteiger partial charge on any atom is -0.398 e. The molecule has 3 N–H and O–H groups in total. The van der Waals surface area contributed by atoms with E-state index in [4.69, 9.17) is 5.73 Å². The van der Waals surface area contributed by atoms with Gasteiger partial charge in [-0.2, -0.15) is 0 Å². The van der Waals surface area contributed by atoms with Crippen LogP contribution in [0, 0.1) is 6.92 Å². The molecule has 0 aliphatic carbocycles. The van der Waals surface area contributed by atoms with Crippen molar-refractivity contribution in [2.24, 2.45) is 0 Å². The van der Waals surface area contributed by atoms with E-state index < -0.39 is 0 Å². The van der Waals surface area contributed by atoms with Gasteiger partial charge < -0.3 is 16.0 Å². The number of benzene rings is 1. The summed E-state index contributed by atoms with van der Waals surface area (Å²) in [7, 11) is 1.62. The summed E-state index contributed by atoms with van der Waals surface area (Å²) >= 11 is 3.44. The molecule has 1 saturated heterocycles. The molecular formula is C19H24BrN5O. The maximum absolute atomic E-state index is 11.7. The van der Waals surface area contributed by atoms with E-state index in [-0.39, 0.29) is 5.91 Å². The molecule has 6 nitrogen and oxygen atoms in total. The normalized spacial score (nSPS) is 15.1. The number of hydrogen-bond acceptors (Lipinski definition) is 5. The first kappa shape index (κ1) is 18.7. The molecule has 0 bridgehead atoms. The van der Waals surface area contributed by atoms with Crippen molar-refractivity contribution in [2.45, 2.75) is 13.5 Å². The van der Waals surface area contributed by atoms with Gasteiger partial charge in [0.15, 0.2) is 0 Å². The van der Waals surface area contributed by atoms with Crippen molar-refractivity contribution in [3.8, 4) is 0 Å². The van der Waals surface area contributed by atoms with Crippen molar-refractivity contribution >= 4 is 33.2 Å². The standard InChI is InChI=1S/C19H24BrN5O/c1-13-18(6-5-17(23-13)19(26)22-2)25-9-7-24(8-10-25)12-14-3-4-15(20)16(21)11-14/h3-6,11H,7-10,12,21H2,1-2H3,(H,22,26). The number of nitrogen functional groups attached to an aromatic ring is 1. The van der Waals surface area contributed by atoms with Crippen LogP contribution < -0.4 is 16.0 Å². The van der Waals surface area contributed by atoms with Crippen LogP contribution >= 0.6 is 15.9 Å². The van der Waals surface area contributed by atoms with Gasteiger partial charge in [0, 0.05) is 49.9 Å². The Bertz CT molecular complexity index is 803. The van der Waals surface area contributed by atoms with Crippen LogP contribution in [0.5, 0.6) is 0 Å². The maximum Gasteiger partial charge on any atom is 0.269 e. The predicted octanol–water partition coefficient (Wildman–Crippen LogP) is 2.42. The highest BCUT2D eigenvalue weighted by Crippen LogP contribution is 2.23. The summed E-state index contributed by atoms with van der Waals surface area (Å²) in [4.78, 5) is 20.9. The molecule has 7 heteroatoms. The fourth-order valence-corrected chi connectivity index (χ4v) is 3.49. The number of rotatable bonds is 4. The lowest BCUT2D eigenvalue weighted by molar-refractivity contribution is 0.0958. The summed E-state index contributed by atoms with van der Waals surface area (Å²) in [5.41, 5.74) is 10.4. The molecule has 0 unspecified atom stereocenters. The number of piperazine rings is 1. The summed E-state index contributed by atoms with van der Waals surface area (Å²) < 4.78 is 0.939. The summed E-state index contributed by atoms with van der Waals surface area (Å²) in [5, 5.41) is 2.61. The number of carbonyl (C=O) groups excluding carboxylic acids is 1. The molecule has 26 heavy (non-hydrogen) atoms. The molecule has 2 aromatic rings. The van der Waals surface area contributed by atoms with E-state index in [0.29, 0.717) is 5.69 Å². The molecule has 0 saturated carbocycles. The number of carbonyl (C=O) groups is 1. The summed E-state index contributed by atoms with van der Waals surface area (Å²) in [5.74, 6) is -0.154. The van der Waals surface area contributed by atoms with E-state index in [1.165, 1.54) is 5.56 Å². The van der Waals surface area contributed by atoms with Crippen LogP contribution in [-0.4, -0.2) is 49.0 Å². The molecule has 3 rings (SSSR count). The molecule has 0 radical (unpaired) electrons. The van der Waals surface area contributed by atoms with E-state index in [9.17, 15) is 4.79 Å². The summed E-state index contributed by atoms with van der Waals surface area (Å²) in [6.45, 7) is 6.69. The van der Waals surface area contributed by atoms with Gasteiger partial charge in [-0.05, 0) is 52.7 Å². The van der Waals surface area contributed by atoms with Crippen molar-refractivity contribution in [2.75, 3.05) is 43.9 Å². The van der Waals surface area contributed by atoms with Crippen molar-refractivity contribution < 1.29 is 4.79 Å². The second-order valence-corrected chi connectivity index (χ2v) is 7.35. The van der Waals surface area contributed by atoms with Gasteiger partial charge in [0.2, 0.25) is 0 Å². The van der Waals surface area contributed by atoms with Crippen molar-refractivity contribution in [3.63, 3.8) is 0 Å². The lowest BCUT2D eigenvalue weighted by atomic mass is 10.1. The molecule has 1 aromatic heterocycles. The van der Waals surface area contributed by atoms with E-state index >= 15 is 0 Å². The van der Waals surface area contributed by atoms with Gasteiger partial charge in [-0.25, -0.2) is 4.98 Å². The van der Waals surface area contributed by atoms with Gasteiger partial charge in [0.05, 0.1) is 11.4 Å². The Labute approximate surface area is 162 Å². The van der Waals surface area contributed by atoms with Gasteiger partial charge in [0.25, 0.3) is 5.91 Å². The zero-order valence-corrected chi connectivity index (χ0v) is 16.7.